The molecule has 0 fully saturated rings. The largest absolute Gasteiger partial charge is 0.507 e. The first kappa shape index (κ1) is 23.8. The molecule has 0 radical (unpaired) electrons. The van der Waals surface area contributed by atoms with E-state index in [1.807, 2.05) is 0 Å². The molecule has 2 aromatic carbocycles. The van der Waals surface area contributed by atoms with Gasteiger partial charge in [0, 0.05) is 12.4 Å². The highest BCUT2D eigenvalue weighted by Gasteiger charge is 2.18. The van der Waals surface area contributed by atoms with E-state index in [1.54, 1.807) is 44.2 Å². The Morgan fingerprint density at radius 2 is 1.83 bits per heavy atom. The third kappa shape index (κ3) is 5.27. The molecule has 12 heteroatoms. The number of benzene rings is 2. The van der Waals surface area contributed by atoms with Crippen molar-refractivity contribution < 1.29 is 14.6 Å². The Labute approximate surface area is 206 Å². The molecule has 178 valence electrons. The average molecular weight is 539 g/mol. The van der Waals surface area contributed by atoms with Crippen LogP contribution in [-0.2, 0) is 6.54 Å². The number of aryl methyl sites for hydroxylation is 2. The third-order valence-corrected chi connectivity index (χ3v) is 5.53. The van der Waals surface area contributed by atoms with Crippen molar-refractivity contribution in [3.63, 3.8) is 0 Å². The van der Waals surface area contributed by atoms with Crippen LogP contribution in [0, 0.1) is 13.8 Å². The second-order valence-electron chi connectivity index (χ2n) is 7.49. The number of aromatic nitrogens is 5. The van der Waals surface area contributed by atoms with E-state index in [2.05, 4.69) is 41.3 Å². The van der Waals surface area contributed by atoms with Gasteiger partial charge in [0.1, 0.15) is 23.1 Å². The molecule has 0 aliphatic carbocycles. The Bertz CT molecular complexity index is 1510. The summed E-state index contributed by atoms with van der Waals surface area (Å²) in [4.78, 5) is 47.4. The number of aromatic hydroxyl groups is 1. The summed E-state index contributed by atoms with van der Waals surface area (Å²) in [6.45, 7) is 3.55. The monoisotopic (exact) mass is 538 g/mol. The second-order valence-corrected chi connectivity index (χ2v) is 8.35. The van der Waals surface area contributed by atoms with Crippen LogP contribution in [0.3, 0.4) is 0 Å². The summed E-state index contributed by atoms with van der Waals surface area (Å²) in [5.74, 6) is 0.701. The van der Waals surface area contributed by atoms with E-state index >= 15 is 0 Å². The number of aromatic amines is 1. The lowest BCUT2D eigenvalue weighted by atomic mass is 10.1. The molecule has 11 nitrogen and oxygen atoms in total. The second kappa shape index (κ2) is 9.89. The van der Waals surface area contributed by atoms with Crippen molar-refractivity contribution in [3.8, 4) is 22.9 Å². The Kier molecular flexibility index (Phi) is 6.73. The predicted molar refractivity (Wildman–Crippen MR) is 129 cm³/mol. The molecule has 0 bridgehead atoms. The van der Waals surface area contributed by atoms with Crippen LogP contribution in [0.2, 0.25) is 0 Å². The van der Waals surface area contributed by atoms with Crippen molar-refractivity contribution in [1.29, 1.82) is 0 Å². The highest BCUT2D eigenvalue weighted by Crippen LogP contribution is 2.34. The van der Waals surface area contributed by atoms with Gasteiger partial charge in [-0.3, -0.25) is 14.6 Å². The number of nitrogens with zero attached hydrogens (tertiary/aromatic N) is 4. The number of H-pyrrole nitrogens is 1. The molecule has 35 heavy (non-hydrogen) atoms. The minimum absolute atomic E-state index is 0.0163. The van der Waals surface area contributed by atoms with E-state index in [-0.39, 0.29) is 12.3 Å². The maximum absolute atomic E-state index is 12.6. The normalized spacial score (nSPS) is 10.7. The van der Waals surface area contributed by atoms with Crippen LogP contribution >= 0.6 is 15.9 Å². The van der Waals surface area contributed by atoms with Gasteiger partial charge in [0.05, 0.1) is 16.7 Å². The van der Waals surface area contributed by atoms with Gasteiger partial charge in [-0.15, -0.1) is 0 Å². The number of nitrogens with one attached hydrogen (secondary N) is 2. The van der Waals surface area contributed by atoms with Crippen LogP contribution in [0.1, 0.15) is 27.4 Å². The highest BCUT2D eigenvalue weighted by molar-refractivity contribution is 9.10. The smallest absolute Gasteiger partial charge is 0.349 e. The lowest BCUT2D eigenvalue weighted by Gasteiger charge is -2.15. The summed E-state index contributed by atoms with van der Waals surface area (Å²) in [5.41, 5.74) is -0.504. The molecule has 3 N–H and O–H groups in total. The molecule has 4 aromatic rings. The Morgan fingerprint density at radius 3 is 2.49 bits per heavy atom. The van der Waals surface area contributed by atoms with Gasteiger partial charge in [-0.1, -0.05) is 0 Å². The van der Waals surface area contributed by atoms with Gasteiger partial charge >= 0.3 is 5.69 Å². The van der Waals surface area contributed by atoms with Crippen molar-refractivity contribution in [2.75, 3.05) is 0 Å². The van der Waals surface area contributed by atoms with Gasteiger partial charge in [-0.25, -0.2) is 14.8 Å². The Hall–Kier alpha value is -4.32. The highest BCUT2D eigenvalue weighted by atomic mass is 79.9. The molecule has 0 aliphatic heterocycles. The summed E-state index contributed by atoms with van der Waals surface area (Å²) in [5, 5.41) is 16.2. The van der Waals surface area contributed by atoms with E-state index in [1.165, 1.54) is 18.5 Å². The number of carbonyl (C=O) groups excluding carboxylic acids is 1. The molecular formula is C23H19BrN6O5. The molecule has 0 atom stereocenters. The molecule has 0 aliphatic rings. The number of halogens is 1. The van der Waals surface area contributed by atoms with Gasteiger partial charge in [-0.05, 0) is 77.3 Å². The van der Waals surface area contributed by atoms with Crippen LogP contribution in [-0.4, -0.2) is 35.7 Å². The first-order valence-electron chi connectivity index (χ1n) is 10.3. The van der Waals surface area contributed by atoms with Crippen molar-refractivity contribution >= 4 is 21.8 Å². The van der Waals surface area contributed by atoms with E-state index in [0.29, 0.717) is 38.6 Å². The molecule has 0 unspecified atom stereocenters. The van der Waals surface area contributed by atoms with E-state index in [4.69, 9.17) is 4.74 Å². The predicted octanol–water partition coefficient (Wildman–Crippen LogP) is 2.52. The lowest BCUT2D eigenvalue weighted by molar-refractivity contribution is 0.0941. The van der Waals surface area contributed by atoms with Gasteiger partial charge in [-0.2, -0.15) is 9.78 Å². The molecule has 2 aromatic heterocycles. The standard InChI is InChI=1S/C23H19BrN6O5/c1-12-8-14(9-13(2)20(12)35-15-4-5-17(31)16(24)10-15)30-23(34)28-22(33)19(29-30)21(32)27-11-18-25-6-3-7-26-18/h3-10,31H,11H2,1-2H3,(H,27,32)(H,28,33,34). The van der Waals surface area contributed by atoms with E-state index < -0.39 is 22.9 Å². The molecule has 0 spiro atoms. The van der Waals surface area contributed by atoms with Crippen LogP contribution < -0.4 is 21.3 Å². The van der Waals surface area contributed by atoms with E-state index in [9.17, 15) is 19.5 Å². The lowest BCUT2D eigenvalue weighted by Crippen LogP contribution is -2.39. The van der Waals surface area contributed by atoms with Gasteiger partial charge in [0.2, 0.25) is 5.69 Å². The Morgan fingerprint density at radius 1 is 1.14 bits per heavy atom. The zero-order valence-electron chi connectivity index (χ0n) is 18.6. The molecule has 4 rings (SSSR count). The summed E-state index contributed by atoms with van der Waals surface area (Å²) in [6.07, 6.45) is 3.05. The van der Waals surface area contributed by atoms with Crippen LogP contribution in [0.15, 0.2) is 62.9 Å². The molecule has 2 heterocycles. The number of hydrogen-bond donors (Lipinski definition) is 3. The van der Waals surface area contributed by atoms with Crippen LogP contribution in [0.5, 0.6) is 17.2 Å². The van der Waals surface area contributed by atoms with E-state index in [0.717, 1.165) is 4.68 Å². The minimum Gasteiger partial charge on any atom is -0.507 e. The molecule has 0 saturated carbocycles. The molecule has 0 saturated heterocycles. The first-order chi connectivity index (χ1) is 16.7. The minimum atomic E-state index is -0.913. The quantitative estimate of drug-likeness (QED) is 0.338. The summed E-state index contributed by atoms with van der Waals surface area (Å²) >= 11 is 3.25. The number of carbonyl (C=O) groups is 1. The Balaban J connectivity index is 1.64. The van der Waals surface area contributed by atoms with Gasteiger partial charge < -0.3 is 15.2 Å². The maximum Gasteiger partial charge on any atom is 0.349 e. The number of phenols is 1. The van der Waals surface area contributed by atoms with Crippen molar-refractivity contribution in [1.82, 2.24) is 30.0 Å². The topological polar surface area (TPSA) is 152 Å². The van der Waals surface area contributed by atoms with Crippen molar-refractivity contribution in [3.05, 3.63) is 96.7 Å². The van der Waals surface area contributed by atoms with Crippen molar-refractivity contribution in [2.45, 2.75) is 20.4 Å². The van der Waals surface area contributed by atoms with Crippen LogP contribution in [0.25, 0.3) is 5.69 Å². The van der Waals surface area contributed by atoms with Crippen LogP contribution in [0.4, 0.5) is 0 Å². The molecular weight excluding hydrogens is 520 g/mol. The summed E-state index contributed by atoms with van der Waals surface area (Å²) in [6, 6.07) is 9.66. The third-order valence-electron chi connectivity index (χ3n) is 4.90. The number of hydrogen-bond acceptors (Lipinski definition) is 8. The fraction of sp³-hybridized carbons (Fsp3) is 0.130. The number of phenolic OH excluding ortho intramolecular Hbond substituents is 1. The summed E-state index contributed by atoms with van der Waals surface area (Å²) in [7, 11) is 0. The number of amides is 1. The number of rotatable bonds is 6. The fourth-order valence-corrected chi connectivity index (χ4v) is 3.63. The van der Waals surface area contributed by atoms with Gasteiger partial charge in [0.25, 0.3) is 11.5 Å². The SMILES string of the molecule is Cc1cc(-n2nc(C(=O)NCc3ncccn3)c(=O)[nH]c2=O)cc(C)c1Oc1ccc(O)c(Br)c1. The molecule has 1 amide bonds. The average Bonchev–Trinajstić information content (AvgIpc) is 2.82. The number of ether oxygens (including phenoxy) is 1. The first-order valence-corrected chi connectivity index (χ1v) is 11.1. The fourth-order valence-electron chi connectivity index (χ4n) is 3.27. The zero-order chi connectivity index (χ0) is 25.1. The van der Waals surface area contributed by atoms with Crippen molar-refractivity contribution in [2.24, 2.45) is 0 Å². The maximum atomic E-state index is 12.6. The zero-order valence-corrected chi connectivity index (χ0v) is 20.2. The summed E-state index contributed by atoms with van der Waals surface area (Å²) < 4.78 is 7.39. The van der Waals surface area contributed by atoms with Gasteiger partial charge in [0.15, 0.2) is 0 Å².